The van der Waals surface area contributed by atoms with Crippen LogP contribution < -0.4 is 5.32 Å². The normalized spacial score (nSPS) is 12.6. The zero-order valence-corrected chi connectivity index (χ0v) is 39.3. The molecule has 6 heteroatoms. The standard InChI is InChI=1S/C52H103NO5/c1-3-5-7-9-11-13-15-16-21-25-28-32-36-40-44-50(55)49(48-54)53-51(56)45-41-37-33-29-26-22-19-17-18-20-23-27-31-35-39-43-47-58-52(57)46-42-38-34-30-24-14-12-10-8-6-4-2/h49-50,54-55H,3-48H2,1-2H3,(H,53,56). The highest BCUT2D eigenvalue weighted by Crippen LogP contribution is 2.17. The Morgan fingerprint density at radius 1 is 0.414 bits per heavy atom. The van der Waals surface area contributed by atoms with Crippen molar-refractivity contribution in [3.8, 4) is 0 Å². The van der Waals surface area contributed by atoms with E-state index in [2.05, 4.69) is 19.2 Å². The van der Waals surface area contributed by atoms with E-state index in [1.165, 1.54) is 218 Å². The van der Waals surface area contributed by atoms with E-state index < -0.39 is 12.1 Å². The molecule has 0 aliphatic carbocycles. The number of hydrogen-bond acceptors (Lipinski definition) is 5. The monoisotopic (exact) mass is 822 g/mol. The molecule has 1 amide bonds. The highest BCUT2D eigenvalue weighted by atomic mass is 16.5. The summed E-state index contributed by atoms with van der Waals surface area (Å²) in [6, 6.07) is -0.544. The molecule has 0 rings (SSSR count). The summed E-state index contributed by atoms with van der Waals surface area (Å²) >= 11 is 0. The van der Waals surface area contributed by atoms with Gasteiger partial charge in [-0.15, -0.1) is 0 Å². The van der Waals surface area contributed by atoms with Crippen molar-refractivity contribution >= 4 is 11.9 Å². The summed E-state index contributed by atoms with van der Waals surface area (Å²) in [5.41, 5.74) is 0. The van der Waals surface area contributed by atoms with Gasteiger partial charge < -0.3 is 20.3 Å². The van der Waals surface area contributed by atoms with Crippen molar-refractivity contribution in [2.24, 2.45) is 0 Å². The molecule has 6 nitrogen and oxygen atoms in total. The highest BCUT2D eigenvalue weighted by molar-refractivity contribution is 5.76. The number of carbonyl (C=O) groups excluding carboxylic acids is 2. The fourth-order valence-corrected chi connectivity index (χ4v) is 8.35. The van der Waals surface area contributed by atoms with Crippen molar-refractivity contribution in [3.63, 3.8) is 0 Å². The van der Waals surface area contributed by atoms with Crippen LogP contribution in [-0.4, -0.2) is 47.4 Å². The first kappa shape index (κ1) is 56.9. The molecule has 0 heterocycles. The predicted molar refractivity (Wildman–Crippen MR) is 250 cm³/mol. The van der Waals surface area contributed by atoms with Gasteiger partial charge in [-0.3, -0.25) is 9.59 Å². The maximum atomic E-state index is 12.4. The van der Waals surface area contributed by atoms with E-state index in [1.807, 2.05) is 0 Å². The average molecular weight is 822 g/mol. The van der Waals surface area contributed by atoms with Gasteiger partial charge in [-0.05, 0) is 25.7 Å². The van der Waals surface area contributed by atoms with Gasteiger partial charge in [0.15, 0.2) is 0 Å². The quantitative estimate of drug-likeness (QED) is 0.0420. The molecule has 0 fully saturated rings. The van der Waals surface area contributed by atoms with Crippen LogP contribution in [0.3, 0.4) is 0 Å². The van der Waals surface area contributed by atoms with Crippen molar-refractivity contribution < 1.29 is 24.5 Å². The van der Waals surface area contributed by atoms with Crippen LogP contribution in [0.2, 0.25) is 0 Å². The molecule has 2 atom stereocenters. The summed E-state index contributed by atoms with van der Waals surface area (Å²) in [6.07, 6.45) is 53.6. The SMILES string of the molecule is CCCCCCCCCCCCCCCCC(O)C(CO)NC(=O)CCCCCCCCCCCCCCCCCCOC(=O)CCCCCCCCCCCCC. The lowest BCUT2D eigenvalue weighted by molar-refractivity contribution is -0.143. The first-order valence-electron chi connectivity index (χ1n) is 26.3. The second-order valence-electron chi connectivity index (χ2n) is 18.2. The molecule has 0 spiro atoms. The number of rotatable bonds is 49. The molecule has 0 aromatic rings. The number of aliphatic hydroxyl groups is 2. The van der Waals surface area contributed by atoms with E-state index in [0.717, 1.165) is 44.9 Å². The molecule has 0 aliphatic rings. The lowest BCUT2D eigenvalue weighted by Gasteiger charge is -2.22. The Morgan fingerprint density at radius 2 is 0.707 bits per heavy atom. The van der Waals surface area contributed by atoms with Crippen molar-refractivity contribution in [2.45, 2.75) is 309 Å². The van der Waals surface area contributed by atoms with Gasteiger partial charge in [-0.1, -0.05) is 258 Å². The van der Waals surface area contributed by atoms with Crippen LogP contribution in [0.25, 0.3) is 0 Å². The second-order valence-corrected chi connectivity index (χ2v) is 18.2. The van der Waals surface area contributed by atoms with Gasteiger partial charge in [0.05, 0.1) is 25.4 Å². The zero-order chi connectivity index (χ0) is 42.3. The molecule has 58 heavy (non-hydrogen) atoms. The minimum Gasteiger partial charge on any atom is -0.466 e. The summed E-state index contributed by atoms with van der Waals surface area (Å²) in [5, 5.41) is 23.2. The molecule has 346 valence electrons. The lowest BCUT2D eigenvalue weighted by atomic mass is 10.0. The minimum absolute atomic E-state index is 0.00341. The topological polar surface area (TPSA) is 95.9 Å². The van der Waals surface area contributed by atoms with E-state index in [-0.39, 0.29) is 18.5 Å². The smallest absolute Gasteiger partial charge is 0.305 e. The van der Waals surface area contributed by atoms with Crippen molar-refractivity contribution in [1.82, 2.24) is 5.32 Å². The second kappa shape index (κ2) is 48.5. The maximum Gasteiger partial charge on any atom is 0.305 e. The summed E-state index contributed by atoms with van der Waals surface area (Å²) < 4.78 is 5.45. The van der Waals surface area contributed by atoms with Crippen LogP contribution >= 0.6 is 0 Å². The number of aliphatic hydroxyl groups excluding tert-OH is 2. The first-order chi connectivity index (χ1) is 28.5. The lowest BCUT2D eigenvalue weighted by Crippen LogP contribution is -2.45. The Balaban J connectivity index is 3.42. The number of esters is 1. The molecule has 0 saturated heterocycles. The van der Waals surface area contributed by atoms with E-state index in [1.54, 1.807) is 0 Å². The van der Waals surface area contributed by atoms with Crippen molar-refractivity contribution in [1.29, 1.82) is 0 Å². The minimum atomic E-state index is -0.666. The van der Waals surface area contributed by atoms with Gasteiger partial charge in [0, 0.05) is 12.8 Å². The molecule has 0 aliphatic heterocycles. The number of hydrogen-bond donors (Lipinski definition) is 3. The number of nitrogens with one attached hydrogen (secondary N) is 1. The van der Waals surface area contributed by atoms with Crippen LogP contribution in [0.4, 0.5) is 0 Å². The fraction of sp³-hybridized carbons (Fsp3) is 0.962. The van der Waals surface area contributed by atoms with Crippen LogP contribution in [0.5, 0.6) is 0 Å². The molecule has 2 unspecified atom stereocenters. The number of amides is 1. The van der Waals surface area contributed by atoms with E-state index in [9.17, 15) is 19.8 Å². The van der Waals surface area contributed by atoms with Gasteiger partial charge in [0.1, 0.15) is 0 Å². The molecule has 0 aromatic heterocycles. The van der Waals surface area contributed by atoms with Crippen LogP contribution in [0.15, 0.2) is 0 Å². The Bertz CT molecular complexity index is 822. The molecule has 0 radical (unpaired) electrons. The molecule has 0 bridgehead atoms. The molecule has 0 saturated carbocycles. The van der Waals surface area contributed by atoms with Gasteiger partial charge in [0.25, 0.3) is 0 Å². The van der Waals surface area contributed by atoms with Crippen LogP contribution in [0.1, 0.15) is 296 Å². The van der Waals surface area contributed by atoms with E-state index in [4.69, 9.17) is 4.74 Å². The van der Waals surface area contributed by atoms with Crippen molar-refractivity contribution in [2.75, 3.05) is 13.2 Å². The van der Waals surface area contributed by atoms with Gasteiger partial charge in [0.2, 0.25) is 5.91 Å². The summed E-state index contributed by atoms with van der Waals surface area (Å²) in [6.45, 7) is 4.95. The largest absolute Gasteiger partial charge is 0.466 e. The third kappa shape index (κ3) is 44.4. The Kier molecular flexibility index (Phi) is 47.6. The number of carbonyl (C=O) groups is 2. The Hall–Kier alpha value is -1.14. The first-order valence-corrected chi connectivity index (χ1v) is 26.3. The summed E-state index contributed by atoms with van der Waals surface area (Å²) in [4.78, 5) is 24.4. The average Bonchev–Trinajstić information content (AvgIpc) is 3.22. The Labute approximate surface area is 362 Å². The number of ether oxygens (including phenoxy) is 1. The van der Waals surface area contributed by atoms with Crippen LogP contribution in [0, 0.1) is 0 Å². The Morgan fingerprint density at radius 3 is 1.05 bits per heavy atom. The fourth-order valence-electron chi connectivity index (χ4n) is 8.35. The van der Waals surface area contributed by atoms with Gasteiger partial charge >= 0.3 is 5.97 Å². The summed E-state index contributed by atoms with van der Waals surface area (Å²) in [5.74, 6) is -0.0366. The number of unbranched alkanes of at least 4 members (excludes halogenated alkanes) is 38. The van der Waals surface area contributed by atoms with E-state index in [0.29, 0.717) is 25.9 Å². The molecular weight excluding hydrogens is 719 g/mol. The van der Waals surface area contributed by atoms with Gasteiger partial charge in [-0.25, -0.2) is 0 Å². The molecule has 0 aromatic carbocycles. The molecule has 3 N–H and O–H groups in total. The third-order valence-corrected chi connectivity index (χ3v) is 12.4. The predicted octanol–water partition coefficient (Wildman–Crippen LogP) is 15.6. The maximum absolute atomic E-state index is 12.4. The zero-order valence-electron chi connectivity index (χ0n) is 39.3. The third-order valence-electron chi connectivity index (χ3n) is 12.4. The molecular formula is C52H103NO5. The summed E-state index contributed by atoms with van der Waals surface area (Å²) in [7, 11) is 0. The van der Waals surface area contributed by atoms with Crippen molar-refractivity contribution in [3.05, 3.63) is 0 Å². The van der Waals surface area contributed by atoms with E-state index >= 15 is 0 Å². The van der Waals surface area contributed by atoms with Crippen LogP contribution in [-0.2, 0) is 14.3 Å². The van der Waals surface area contributed by atoms with Gasteiger partial charge in [-0.2, -0.15) is 0 Å². The highest BCUT2D eigenvalue weighted by Gasteiger charge is 2.20.